The summed E-state index contributed by atoms with van der Waals surface area (Å²) in [6.07, 6.45) is 7.14. The van der Waals surface area contributed by atoms with Crippen LogP contribution in [0.1, 0.15) is 105 Å². The van der Waals surface area contributed by atoms with Crippen LogP contribution in [0.25, 0.3) is 17.2 Å². The minimum Gasteiger partial charge on any atom is -0.459 e. The van der Waals surface area contributed by atoms with E-state index >= 15 is 19.2 Å². The van der Waals surface area contributed by atoms with Crippen LogP contribution in [0.4, 0.5) is 5.00 Å². The number of nitrogens with zero attached hydrogens (tertiary/aromatic N) is 2. The van der Waals surface area contributed by atoms with Gasteiger partial charge in [-0.25, -0.2) is 9.98 Å². The molecule has 2 aromatic heterocycles. The highest BCUT2D eigenvalue weighted by atomic mass is 32.1. The highest BCUT2D eigenvalue weighted by Gasteiger charge is 2.73. The molecule has 6 aromatic rings. The van der Waals surface area contributed by atoms with Gasteiger partial charge in [-0.2, -0.15) is 0 Å². The van der Waals surface area contributed by atoms with Gasteiger partial charge in [0.05, 0.1) is 0 Å². The Morgan fingerprint density at radius 2 is 0.840 bits per heavy atom. The molecule has 4 atom stereocenters. The highest BCUT2D eigenvalue weighted by molar-refractivity contribution is 7.18. The molecule has 4 aromatic carbocycles. The lowest BCUT2D eigenvalue weighted by molar-refractivity contribution is -0.165. The lowest BCUT2D eigenvalue weighted by Gasteiger charge is -2.30. The van der Waals surface area contributed by atoms with Crippen LogP contribution in [-0.4, -0.2) is 58.4 Å². The molecule has 0 N–H and O–H groups in total. The summed E-state index contributed by atoms with van der Waals surface area (Å²) in [5, 5.41) is 0.0499. The third-order valence-electron chi connectivity index (χ3n) is 17.0. The van der Waals surface area contributed by atoms with E-state index in [1.54, 1.807) is 103 Å². The fourth-order valence-corrected chi connectivity index (χ4v) is 15.8. The van der Waals surface area contributed by atoms with Crippen molar-refractivity contribution in [3.63, 3.8) is 0 Å². The summed E-state index contributed by atoms with van der Waals surface area (Å²) in [6, 6.07) is 37.0. The monoisotopic (exact) mass is 1120 g/mol. The number of hydrogen-bond acceptors (Lipinski definition) is 16. The summed E-state index contributed by atoms with van der Waals surface area (Å²) in [4.78, 5) is 131. The normalized spacial score (nSPS) is 21.6. The topological polar surface area (TPSA) is 198 Å². The van der Waals surface area contributed by atoms with Gasteiger partial charge in [0, 0.05) is 72.7 Å². The first-order valence-electron chi connectivity index (χ1n) is 27.4. The summed E-state index contributed by atoms with van der Waals surface area (Å²) < 4.78 is 25.3. The van der Waals surface area contributed by atoms with Gasteiger partial charge in [-0.3, -0.25) is 38.4 Å². The van der Waals surface area contributed by atoms with Crippen LogP contribution >= 0.6 is 22.7 Å². The van der Waals surface area contributed by atoms with Crippen molar-refractivity contribution >= 4 is 103 Å². The van der Waals surface area contributed by atoms with Crippen molar-refractivity contribution in [3.8, 4) is 0 Å². The smallest absolute Gasteiger partial charge is 0.333 e. The second-order valence-corrected chi connectivity index (χ2v) is 23.7. The molecule has 4 saturated carbocycles. The van der Waals surface area contributed by atoms with Crippen molar-refractivity contribution in [2.24, 2.45) is 33.7 Å². The van der Waals surface area contributed by atoms with Crippen LogP contribution < -0.4 is 0 Å². The number of Topliss-reactive ketones (excluding diaryl/α,β-unsaturated/α-hetero) is 4. The van der Waals surface area contributed by atoms with E-state index in [2.05, 4.69) is 0 Å². The minimum absolute atomic E-state index is 0.0408. The second-order valence-electron chi connectivity index (χ2n) is 21.7. The van der Waals surface area contributed by atoms with Gasteiger partial charge in [0.25, 0.3) is 0 Å². The van der Waals surface area contributed by atoms with Crippen LogP contribution in [0.5, 0.6) is 0 Å². The molecule has 7 aliphatic carbocycles. The van der Waals surface area contributed by atoms with Gasteiger partial charge >= 0.3 is 23.9 Å². The zero-order chi connectivity index (χ0) is 55.6. The predicted octanol–water partition coefficient (Wildman–Crippen LogP) is 10.5. The van der Waals surface area contributed by atoms with Crippen molar-refractivity contribution in [2.75, 3.05) is 0 Å². The van der Waals surface area contributed by atoms with Crippen molar-refractivity contribution < 1.29 is 57.3 Å². The average Bonchev–Trinajstić information content (AvgIpc) is 1.63. The summed E-state index contributed by atoms with van der Waals surface area (Å²) in [5.41, 5.74) is -2.65. The van der Waals surface area contributed by atoms with Crippen LogP contribution in [0.2, 0.25) is 0 Å². The third-order valence-corrected chi connectivity index (χ3v) is 19.3. The molecule has 0 spiro atoms. The Bertz CT molecular complexity index is 3610. The molecule has 0 aliphatic heterocycles. The van der Waals surface area contributed by atoms with Crippen molar-refractivity contribution in [1.29, 1.82) is 0 Å². The number of hydrogen-bond donors (Lipinski definition) is 0. The number of benzene rings is 4. The number of allylic oxidation sites excluding steroid dienone is 1. The highest BCUT2D eigenvalue weighted by Crippen LogP contribution is 2.69. The molecule has 4 fully saturated rings. The van der Waals surface area contributed by atoms with Gasteiger partial charge in [0.15, 0.2) is 28.8 Å². The summed E-state index contributed by atoms with van der Waals surface area (Å²) in [5.74, 6) is -7.68. The molecule has 0 bridgehead atoms. The minimum atomic E-state index is -2.62. The number of rotatable bonds is 14. The third kappa shape index (κ3) is 8.55. The maximum atomic E-state index is 16.3. The summed E-state index contributed by atoms with van der Waals surface area (Å²) >= 11 is 2.01. The number of esters is 4. The van der Waals surface area contributed by atoms with Gasteiger partial charge in [-0.1, -0.05) is 147 Å². The van der Waals surface area contributed by atoms with Crippen molar-refractivity contribution in [1.82, 2.24) is 0 Å². The molecular weight excluding hydrogens is 1060 g/mol. The van der Waals surface area contributed by atoms with E-state index in [4.69, 9.17) is 28.9 Å². The van der Waals surface area contributed by atoms with Gasteiger partial charge in [-0.15, -0.1) is 22.7 Å². The number of aliphatic imine (C=N–C) groups is 2. The van der Waals surface area contributed by atoms with Crippen molar-refractivity contribution in [3.05, 3.63) is 187 Å². The first-order chi connectivity index (χ1) is 39.5. The van der Waals surface area contributed by atoms with E-state index in [1.807, 2.05) is 24.3 Å². The van der Waals surface area contributed by atoms with E-state index in [1.165, 1.54) is 6.07 Å². The Morgan fingerprint density at radius 3 is 1.25 bits per heavy atom. The fourth-order valence-electron chi connectivity index (χ4n) is 13.2. The largest absolute Gasteiger partial charge is 0.459 e. The lowest BCUT2D eigenvalue weighted by Crippen LogP contribution is -2.46. The zero-order valence-electron chi connectivity index (χ0n) is 43.8. The lowest BCUT2D eigenvalue weighted by atomic mass is 9.74. The van der Waals surface area contributed by atoms with E-state index in [0.29, 0.717) is 64.1 Å². The van der Waals surface area contributed by atoms with Gasteiger partial charge in [0.2, 0.25) is 10.8 Å². The molecule has 4 unspecified atom stereocenters. The van der Waals surface area contributed by atoms with Gasteiger partial charge < -0.3 is 18.9 Å². The van der Waals surface area contributed by atoms with Crippen LogP contribution in [0, 0.1) is 23.7 Å². The molecule has 406 valence electrons. The summed E-state index contributed by atoms with van der Waals surface area (Å²) in [7, 11) is 0. The molecule has 2 heterocycles. The second kappa shape index (κ2) is 21.0. The molecule has 14 nitrogen and oxygen atoms in total. The quantitative estimate of drug-likeness (QED) is 0.0569. The number of carbonyl (C=O) groups excluding carboxylic acids is 8. The summed E-state index contributed by atoms with van der Waals surface area (Å²) in [6.45, 7) is -1.24. The zero-order valence-corrected chi connectivity index (χ0v) is 45.4. The fraction of sp³-hybridized carbons (Fsp3) is 0.292. The Labute approximate surface area is 473 Å². The van der Waals surface area contributed by atoms with E-state index in [0.717, 1.165) is 48.4 Å². The number of fused-ring (bicyclic) bond motifs is 8. The van der Waals surface area contributed by atoms with Crippen LogP contribution in [-0.2, 0) is 101 Å². The number of ketones is 4. The van der Waals surface area contributed by atoms with Crippen LogP contribution in [0.15, 0.2) is 143 Å². The number of thiophene rings is 2. The van der Waals surface area contributed by atoms with Gasteiger partial charge in [0.1, 0.15) is 37.1 Å². The first kappa shape index (κ1) is 52.1. The van der Waals surface area contributed by atoms with E-state index < -0.39 is 58.4 Å². The van der Waals surface area contributed by atoms with E-state index in [9.17, 15) is 19.2 Å². The molecule has 0 saturated heterocycles. The molecule has 81 heavy (non-hydrogen) atoms. The maximum Gasteiger partial charge on any atom is 0.333 e. The number of carbonyl (C=O) groups is 8. The molecule has 0 radical (unpaired) electrons. The Balaban J connectivity index is 1.06. The van der Waals surface area contributed by atoms with E-state index in [-0.39, 0.29) is 104 Å². The Morgan fingerprint density at radius 1 is 0.469 bits per heavy atom. The molecule has 7 aliphatic rings. The maximum absolute atomic E-state index is 16.3. The SMILES string of the molecule is O=C1C(=NC2=Cc3sc4c(c3C2)C(C(=O)OCc2ccccc2)(C(=O)OCc2ccccc2)C2=C4C(C(=O)OCc3ccccc3)(C(=O)OCc3ccccc3)c3cc(N=C4C(=O)C5CCCCC5C4=O)sc32)C(=O)C2CCCCC12. The number of ether oxygens (including phenoxy) is 4. The predicted molar refractivity (Wildman–Crippen MR) is 301 cm³/mol. The Kier molecular flexibility index (Phi) is 13.5. The van der Waals surface area contributed by atoms with Gasteiger partial charge in [-0.05, 0) is 65.6 Å². The Hall–Kier alpha value is -8.34. The standard InChI is InChI=1S/C65H52N2O12S2/c68-54-41-25-13-14-26-42(41)55(69)52(54)66-40-29-45-47(30-40)80-59-49(45)65(62(74)78-34-38-21-9-3-10-22-38,63(75)79-35-39-23-11-4-12-24-39)50-51(59)64(60(72)76-32-36-17-5-1-6-18-36,61(73)77-33-37-19-7-2-8-20-37)46-31-48(81-58(46)50)67-53-56(70)43-27-15-16-28-44(43)57(53)71/h1-12,17-24,30-31,41-44H,13-16,25-29,32-35H2. The van der Waals surface area contributed by atoms with Crippen molar-refractivity contribution in [2.45, 2.75) is 95.0 Å². The average molecular weight is 1120 g/mol. The molecule has 0 amide bonds. The molecular formula is C65H52N2O12S2. The molecule has 16 heteroatoms. The van der Waals surface area contributed by atoms with Crippen LogP contribution in [0.3, 0.4) is 0 Å². The first-order valence-corrected chi connectivity index (χ1v) is 29.1. The molecule has 13 rings (SSSR count).